The predicted molar refractivity (Wildman–Crippen MR) is 75.6 cm³/mol. The number of carbonyl (C=O) groups is 2. The molecule has 5 nitrogen and oxygen atoms in total. The first-order valence-electron chi connectivity index (χ1n) is 5.34. The van der Waals surface area contributed by atoms with Crippen LogP contribution in [-0.4, -0.2) is 37.9 Å². The Labute approximate surface area is 122 Å². The lowest BCUT2D eigenvalue weighted by atomic mass is 10.2. The molecule has 0 saturated carbocycles. The van der Waals surface area contributed by atoms with Crippen LogP contribution in [0.15, 0.2) is 23.1 Å². The normalized spacial score (nSPS) is 17.1. The standard InChI is InChI=1S/C12H8FNO4S2/c13-7-1-2-8(15)6(3-7)4-9-11(18)14(5-10(16)17)12(19)20-9/h1-4,15H,5H2,(H,16,17)/b9-4-. The third-order valence-corrected chi connectivity index (χ3v) is 3.82. The van der Waals surface area contributed by atoms with Crippen LogP contribution in [0.2, 0.25) is 0 Å². The number of rotatable bonds is 3. The van der Waals surface area contributed by atoms with Crippen molar-refractivity contribution in [1.29, 1.82) is 0 Å². The van der Waals surface area contributed by atoms with Crippen molar-refractivity contribution < 1.29 is 24.2 Å². The van der Waals surface area contributed by atoms with E-state index >= 15 is 0 Å². The summed E-state index contributed by atoms with van der Waals surface area (Å²) < 4.78 is 13.2. The number of benzene rings is 1. The number of hydrogen-bond donors (Lipinski definition) is 2. The van der Waals surface area contributed by atoms with Crippen LogP contribution in [0.5, 0.6) is 5.75 Å². The molecule has 2 rings (SSSR count). The molecular weight excluding hydrogens is 305 g/mol. The number of aliphatic carboxylic acids is 1. The first kappa shape index (κ1) is 14.5. The highest BCUT2D eigenvalue weighted by atomic mass is 32.2. The van der Waals surface area contributed by atoms with Gasteiger partial charge in [-0.25, -0.2) is 4.39 Å². The molecule has 0 aromatic heterocycles. The van der Waals surface area contributed by atoms with Gasteiger partial charge in [-0.15, -0.1) is 0 Å². The van der Waals surface area contributed by atoms with Crippen LogP contribution in [-0.2, 0) is 9.59 Å². The van der Waals surface area contributed by atoms with E-state index in [4.69, 9.17) is 17.3 Å². The van der Waals surface area contributed by atoms with Gasteiger partial charge in [0.05, 0.1) is 4.91 Å². The molecule has 0 bridgehead atoms. The van der Waals surface area contributed by atoms with Crippen LogP contribution in [0.3, 0.4) is 0 Å². The summed E-state index contributed by atoms with van der Waals surface area (Å²) in [5.74, 6) is -2.51. The minimum Gasteiger partial charge on any atom is -0.507 e. The lowest BCUT2D eigenvalue weighted by molar-refractivity contribution is -0.140. The van der Waals surface area contributed by atoms with E-state index in [2.05, 4.69) is 0 Å². The van der Waals surface area contributed by atoms with E-state index in [0.29, 0.717) is 0 Å². The van der Waals surface area contributed by atoms with Gasteiger partial charge in [-0.1, -0.05) is 24.0 Å². The van der Waals surface area contributed by atoms with Gasteiger partial charge < -0.3 is 10.2 Å². The summed E-state index contributed by atoms with van der Waals surface area (Å²) >= 11 is 5.82. The molecule has 0 radical (unpaired) electrons. The molecule has 1 aliphatic heterocycles. The highest BCUT2D eigenvalue weighted by Crippen LogP contribution is 2.33. The molecule has 0 spiro atoms. The summed E-state index contributed by atoms with van der Waals surface area (Å²) in [5.41, 5.74) is 0.126. The summed E-state index contributed by atoms with van der Waals surface area (Å²) in [6.07, 6.45) is 1.28. The molecule has 1 heterocycles. The van der Waals surface area contributed by atoms with E-state index in [0.717, 1.165) is 28.8 Å². The average molecular weight is 313 g/mol. The Morgan fingerprint density at radius 2 is 2.20 bits per heavy atom. The van der Waals surface area contributed by atoms with Crippen LogP contribution in [0.1, 0.15) is 5.56 Å². The number of phenols is 1. The number of phenolic OH excluding ortho intramolecular Hbond substituents is 1. The SMILES string of the molecule is O=C(O)CN1C(=O)/C(=C/c2cc(F)ccc2O)SC1=S. The number of carbonyl (C=O) groups excluding carboxylic acids is 1. The lowest BCUT2D eigenvalue weighted by Crippen LogP contribution is -2.33. The molecule has 20 heavy (non-hydrogen) atoms. The lowest BCUT2D eigenvalue weighted by Gasteiger charge is -2.10. The Morgan fingerprint density at radius 3 is 2.85 bits per heavy atom. The van der Waals surface area contributed by atoms with Crippen molar-refractivity contribution in [1.82, 2.24) is 4.90 Å². The second-order valence-corrected chi connectivity index (χ2v) is 5.54. The number of nitrogens with zero attached hydrogens (tertiary/aromatic N) is 1. The molecule has 1 fully saturated rings. The third-order valence-electron chi connectivity index (χ3n) is 2.44. The smallest absolute Gasteiger partial charge is 0.323 e. The molecular formula is C12H8FNO4S2. The molecule has 0 aliphatic carbocycles. The van der Waals surface area contributed by atoms with E-state index in [9.17, 15) is 19.1 Å². The predicted octanol–water partition coefficient (Wildman–Crippen LogP) is 1.82. The van der Waals surface area contributed by atoms with Gasteiger partial charge in [0.2, 0.25) is 0 Å². The van der Waals surface area contributed by atoms with Gasteiger partial charge in [-0.3, -0.25) is 14.5 Å². The van der Waals surface area contributed by atoms with Gasteiger partial charge in [0.15, 0.2) is 0 Å². The fourth-order valence-electron chi connectivity index (χ4n) is 1.55. The van der Waals surface area contributed by atoms with Crippen LogP contribution in [0, 0.1) is 5.82 Å². The second kappa shape index (κ2) is 5.59. The van der Waals surface area contributed by atoms with Crippen molar-refractivity contribution in [3.05, 3.63) is 34.5 Å². The van der Waals surface area contributed by atoms with Crippen LogP contribution in [0.4, 0.5) is 4.39 Å². The maximum atomic E-state index is 13.1. The molecule has 2 N–H and O–H groups in total. The second-order valence-electron chi connectivity index (χ2n) is 3.86. The number of carboxylic acids is 1. The van der Waals surface area contributed by atoms with Crippen molar-refractivity contribution in [2.24, 2.45) is 0 Å². The summed E-state index contributed by atoms with van der Waals surface area (Å²) in [6.45, 7) is -0.531. The molecule has 8 heteroatoms. The van der Waals surface area contributed by atoms with Crippen molar-refractivity contribution in [2.45, 2.75) is 0 Å². The van der Waals surface area contributed by atoms with E-state index < -0.39 is 24.2 Å². The number of aromatic hydroxyl groups is 1. The molecule has 0 unspecified atom stereocenters. The number of halogens is 1. The summed E-state index contributed by atoms with van der Waals surface area (Å²) in [5, 5.41) is 18.3. The molecule has 1 aromatic rings. The molecule has 0 atom stereocenters. The maximum Gasteiger partial charge on any atom is 0.323 e. The molecule has 1 aliphatic rings. The Bertz CT molecular complexity index is 644. The number of amides is 1. The van der Waals surface area contributed by atoms with E-state index in [1.165, 1.54) is 12.1 Å². The van der Waals surface area contributed by atoms with Gasteiger partial charge in [-0.2, -0.15) is 0 Å². The maximum absolute atomic E-state index is 13.1. The zero-order valence-electron chi connectivity index (χ0n) is 9.87. The first-order valence-corrected chi connectivity index (χ1v) is 6.56. The van der Waals surface area contributed by atoms with Crippen LogP contribution < -0.4 is 0 Å². The average Bonchev–Trinajstić information content (AvgIpc) is 2.61. The fraction of sp³-hybridized carbons (Fsp3) is 0.0833. The highest BCUT2D eigenvalue weighted by Gasteiger charge is 2.33. The van der Waals surface area contributed by atoms with Gasteiger partial charge in [0.25, 0.3) is 5.91 Å². The highest BCUT2D eigenvalue weighted by molar-refractivity contribution is 8.26. The summed E-state index contributed by atoms with van der Waals surface area (Å²) in [4.78, 5) is 23.7. The van der Waals surface area contributed by atoms with Gasteiger partial charge >= 0.3 is 5.97 Å². The van der Waals surface area contributed by atoms with Gasteiger partial charge in [-0.05, 0) is 24.3 Å². The van der Waals surface area contributed by atoms with E-state index in [1.54, 1.807) is 0 Å². The number of hydrogen-bond acceptors (Lipinski definition) is 5. The van der Waals surface area contributed by atoms with Crippen LogP contribution >= 0.6 is 24.0 Å². The van der Waals surface area contributed by atoms with Crippen molar-refractivity contribution in [3.63, 3.8) is 0 Å². The van der Waals surface area contributed by atoms with Crippen molar-refractivity contribution in [2.75, 3.05) is 6.54 Å². The Kier molecular flexibility index (Phi) is 4.05. The minimum atomic E-state index is -1.18. The Morgan fingerprint density at radius 1 is 1.50 bits per heavy atom. The topological polar surface area (TPSA) is 77.8 Å². The number of carboxylic acid groups (broad SMARTS) is 1. The van der Waals surface area contributed by atoms with E-state index in [-0.39, 0.29) is 20.5 Å². The Hall–Kier alpha value is -1.93. The molecule has 1 saturated heterocycles. The molecule has 104 valence electrons. The third kappa shape index (κ3) is 2.97. The fourth-order valence-corrected chi connectivity index (χ4v) is 2.80. The van der Waals surface area contributed by atoms with E-state index in [1.807, 2.05) is 0 Å². The summed E-state index contributed by atoms with van der Waals surface area (Å²) in [6, 6.07) is 3.32. The zero-order chi connectivity index (χ0) is 14.9. The van der Waals surface area contributed by atoms with Crippen molar-refractivity contribution >= 4 is 46.3 Å². The largest absolute Gasteiger partial charge is 0.507 e. The first-order chi connectivity index (χ1) is 9.38. The quantitative estimate of drug-likeness (QED) is 0.655. The monoisotopic (exact) mass is 313 g/mol. The van der Waals surface area contributed by atoms with Crippen LogP contribution in [0.25, 0.3) is 6.08 Å². The van der Waals surface area contributed by atoms with Crippen molar-refractivity contribution in [3.8, 4) is 5.75 Å². The van der Waals surface area contributed by atoms with Gasteiger partial charge in [0.1, 0.15) is 22.4 Å². The van der Waals surface area contributed by atoms with Gasteiger partial charge in [0, 0.05) is 5.56 Å². The number of thiocarbonyl (C=S) groups is 1. The molecule has 1 aromatic carbocycles. The zero-order valence-corrected chi connectivity index (χ0v) is 11.5. The minimum absolute atomic E-state index is 0.111. The number of thioether (sulfide) groups is 1. The molecule has 1 amide bonds. The Balaban J connectivity index is 2.32. The summed E-state index contributed by atoms with van der Waals surface area (Å²) in [7, 11) is 0.